The van der Waals surface area contributed by atoms with Gasteiger partial charge in [0, 0.05) is 37.3 Å². The van der Waals surface area contributed by atoms with Gasteiger partial charge in [-0.05, 0) is 87.7 Å². The molecule has 0 aliphatic rings. The number of methoxy groups -OCH3 is 1. The summed E-state index contributed by atoms with van der Waals surface area (Å²) < 4.78 is 27.3. The maximum Gasteiger partial charge on any atom is 0.335 e. The number of aliphatic hydroxyl groups is 1. The number of carboxylic acids is 1. The van der Waals surface area contributed by atoms with E-state index in [9.17, 15) is 14.3 Å². The number of aryl methyl sites for hydroxylation is 2. The van der Waals surface area contributed by atoms with E-state index in [4.69, 9.17) is 19.6 Å². The van der Waals surface area contributed by atoms with Gasteiger partial charge in [-0.3, -0.25) is 0 Å². The number of carbonyl (C=O) groups is 1. The third-order valence-corrected chi connectivity index (χ3v) is 6.89. The lowest BCUT2D eigenvalue weighted by Gasteiger charge is -2.12. The van der Waals surface area contributed by atoms with Crippen molar-refractivity contribution in [1.82, 2.24) is 14.5 Å². The Morgan fingerprint density at radius 3 is 2.36 bits per heavy atom. The highest BCUT2D eigenvalue weighted by Crippen LogP contribution is 2.26. The molecule has 0 aliphatic carbocycles. The fraction of sp³-hybridized carbons (Fsp3) is 0.306. The summed E-state index contributed by atoms with van der Waals surface area (Å²) in [5.74, 6) is -0.00527. The van der Waals surface area contributed by atoms with Crippen molar-refractivity contribution in [2.45, 2.75) is 59.8 Å². The third kappa shape index (κ3) is 9.20. The van der Waals surface area contributed by atoms with E-state index in [-0.39, 0.29) is 18.0 Å². The van der Waals surface area contributed by atoms with Crippen molar-refractivity contribution in [3.63, 3.8) is 0 Å². The molecular formula is C36H40FN3O5. The van der Waals surface area contributed by atoms with E-state index in [1.807, 2.05) is 42.7 Å². The summed E-state index contributed by atoms with van der Waals surface area (Å²) >= 11 is 0. The maximum absolute atomic E-state index is 14.2. The standard InChI is InChI=1S/C32H30FN3O4.C4H10O/c1-20-7-8-25(26(33)15-20)19-40-31-6-4-5-27(35-31)23-10-9-22(21(2)16-23)18-30-34-28-12-11-24(32(37)38)17-29(28)36(30)13-14-39-3;1-4(2,3)5/h4-12,15-17H,13-14,18-19H2,1-3H3,(H,37,38);5H,1-3H3. The number of aromatic carboxylic acids is 1. The van der Waals surface area contributed by atoms with E-state index < -0.39 is 11.6 Å². The predicted molar refractivity (Wildman–Crippen MR) is 173 cm³/mol. The Morgan fingerprint density at radius 2 is 1.69 bits per heavy atom. The highest BCUT2D eigenvalue weighted by atomic mass is 19.1. The average molecular weight is 614 g/mol. The zero-order valence-electron chi connectivity index (χ0n) is 26.6. The fourth-order valence-electron chi connectivity index (χ4n) is 4.67. The number of hydrogen-bond acceptors (Lipinski definition) is 6. The highest BCUT2D eigenvalue weighted by molar-refractivity contribution is 5.92. The lowest BCUT2D eigenvalue weighted by atomic mass is 10.0. The zero-order valence-corrected chi connectivity index (χ0v) is 26.6. The molecule has 45 heavy (non-hydrogen) atoms. The summed E-state index contributed by atoms with van der Waals surface area (Å²) in [6, 6.07) is 21.8. The van der Waals surface area contributed by atoms with Gasteiger partial charge in [0.2, 0.25) is 5.88 Å². The van der Waals surface area contributed by atoms with E-state index in [1.54, 1.807) is 58.2 Å². The molecule has 0 unspecified atom stereocenters. The van der Waals surface area contributed by atoms with Crippen molar-refractivity contribution < 1.29 is 28.9 Å². The molecule has 3 aromatic carbocycles. The Bertz CT molecular complexity index is 1790. The summed E-state index contributed by atoms with van der Waals surface area (Å²) in [6.45, 7) is 10.3. The van der Waals surface area contributed by atoms with Crippen LogP contribution in [-0.4, -0.2) is 50.0 Å². The third-order valence-electron chi connectivity index (χ3n) is 6.89. The van der Waals surface area contributed by atoms with E-state index in [1.165, 1.54) is 6.07 Å². The second kappa shape index (κ2) is 14.5. The molecule has 0 fully saturated rings. The van der Waals surface area contributed by atoms with Gasteiger partial charge in [0.1, 0.15) is 18.2 Å². The minimum absolute atomic E-state index is 0.0958. The molecule has 9 heteroatoms. The number of halogens is 1. The van der Waals surface area contributed by atoms with E-state index >= 15 is 0 Å². The Balaban J connectivity index is 0.000000854. The molecule has 0 atom stereocenters. The Kier molecular flexibility index (Phi) is 10.7. The first kappa shape index (κ1) is 33.3. The van der Waals surface area contributed by atoms with Crippen molar-refractivity contribution in [3.05, 3.63) is 112 Å². The molecule has 0 bridgehead atoms. The van der Waals surface area contributed by atoms with Crippen LogP contribution in [0.5, 0.6) is 5.88 Å². The smallest absolute Gasteiger partial charge is 0.335 e. The van der Waals surface area contributed by atoms with Crippen LogP contribution >= 0.6 is 0 Å². The number of carboxylic acid groups (broad SMARTS) is 1. The van der Waals surface area contributed by atoms with Gasteiger partial charge in [-0.1, -0.05) is 30.3 Å². The van der Waals surface area contributed by atoms with Crippen molar-refractivity contribution in [3.8, 4) is 17.1 Å². The van der Waals surface area contributed by atoms with Crippen molar-refractivity contribution in [2.75, 3.05) is 13.7 Å². The molecule has 2 N–H and O–H groups in total. The van der Waals surface area contributed by atoms with Gasteiger partial charge < -0.3 is 24.3 Å². The maximum atomic E-state index is 14.2. The zero-order chi connectivity index (χ0) is 32.7. The number of fused-ring (bicyclic) bond motifs is 1. The van der Waals surface area contributed by atoms with Crippen LogP contribution in [0, 0.1) is 19.7 Å². The lowest BCUT2D eigenvalue weighted by Crippen LogP contribution is -2.10. The summed E-state index contributed by atoms with van der Waals surface area (Å²) in [6.07, 6.45) is 0.575. The number of imidazole rings is 1. The van der Waals surface area contributed by atoms with E-state index in [2.05, 4.69) is 17.1 Å². The molecule has 0 radical (unpaired) electrons. The summed E-state index contributed by atoms with van der Waals surface area (Å²) in [4.78, 5) is 21.0. The molecular weight excluding hydrogens is 573 g/mol. The molecule has 0 spiro atoms. The molecule has 2 aromatic heterocycles. The number of aromatic nitrogens is 3. The molecule has 8 nitrogen and oxygen atoms in total. The minimum atomic E-state index is -0.972. The number of pyridine rings is 1. The van der Waals surface area contributed by atoms with Gasteiger partial charge in [-0.25, -0.2) is 19.2 Å². The van der Waals surface area contributed by atoms with Gasteiger partial charge in [0.15, 0.2) is 0 Å². The fourth-order valence-corrected chi connectivity index (χ4v) is 4.67. The predicted octanol–water partition coefficient (Wildman–Crippen LogP) is 7.15. The summed E-state index contributed by atoms with van der Waals surface area (Å²) in [7, 11) is 1.64. The number of rotatable bonds is 10. The van der Waals surface area contributed by atoms with E-state index in [0.29, 0.717) is 31.0 Å². The number of benzene rings is 3. The van der Waals surface area contributed by atoms with Crippen LogP contribution in [0.15, 0.2) is 72.8 Å². The quantitative estimate of drug-likeness (QED) is 0.172. The van der Waals surface area contributed by atoms with Crippen LogP contribution in [-0.2, 0) is 24.3 Å². The minimum Gasteiger partial charge on any atom is -0.478 e. The second-order valence-corrected chi connectivity index (χ2v) is 11.9. The second-order valence-electron chi connectivity index (χ2n) is 11.9. The average Bonchev–Trinajstić information content (AvgIpc) is 3.32. The Hall–Kier alpha value is -4.60. The summed E-state index contributed by atoms with van der Waals surface area (Å²) in [5.41, 5.74) is 6.44. The first-order valence-electron chi connectivity index (χ1n) is 14.7. The molecule has 2 heterocycles. The van der Waals surface area contributed by atoms with Crippen LogP contribution in [0.3, 0.4) is 0 Å². The van der Waals surface area contributed by atoms with Crippen LogP contribution in [0.1, 0.15) is 59.2 Å². The monoisotopic (exact) mass is 613 g/mol. The Morgan fingerprint density at radius 1 is 0.956 bits per heavy atom. The van der Waals surface area contributed by atoms with Crippen LogP contribution in [0.25, 0.3) is 22.3 Å². The van der Waals surface area contributed by atoms with Crippen molar-refractivity contribution in [1.29, 1.82) is 0 Å². The van der Waals surface area contributed by atoms with Gasteiger partial charge in [0.25, 0.3) is 0 Å². The van der Waals surface area contributed by atoms with Gasteiger partial charge in [-0.2, -0.15) is 0 Å². The summed E-state index contributed by atoms with van der Waals surface area (Å²) in [5, 5.41) is 18.0. The van der Waals surface area contributed by atoms with Crippen molar-refractivity contribution in [2.24, 2.45) is 0 Å². The number of nitrogens with zero attached hydrogens (tertiary/aromatic N) is 3. The molecule has 5 aromatic rings. The van der Waals surface area contributed by atoms with Crippen LogP contribution in [0.4, 0.5) is 4.39 Å². The normalized spacial score (nSPS) is 11.3. The molecule has 0 saturated carbocycles. The van der Waals surface area contributed by atoms with Crippen LogP contribution in [0.2, 0.25) is 0 Å². The van der Waals surface area contributed by atoms with E-state index in [0.717, 1.165) is 44.8 Å². The van der Waals surface area contributed by atoms with Crippen LogP contribution < -0.4 is 4.74 Å². The highest BCUT2D eigenvalue weighted by Gasteiger charge is 2.15. The first-order chi connectivity index (χ1) is 21.3. The topological polar surface area (TPSA) is 107 Å². The lowest BCUT2D eigenvalue weighted by molar-refractivity contribution is 0.0696. The van der Waals surface area contributed by atoms with Gasteiger partial charge in [-0.15, -0.1) is 0 Å². The van der Waals surface area contributed by atoms with Gasteiger partial charge in [0.05, 0.1) is 34.5 Å². The molecule has 5 rings (SSSR count). The number of ether oxygens (including phenoxy) is 2. The molecule has 236 valence electrons. The molecule has 0 aliphatic heterocycles. The SMILES string of the molecule is CC(C)(C)O.COCCn1c(Cc2ccc(-c3cccc(OCc4ccc(C)cc4F)n3)cc2C)nc2ccc(C(=O)O)cc21. The Labute approximate surface area is 263 Å². The van der Waals surface area contributed by atoms with Gasteiger partial charge >= 0.3 is 5.97 Å². The molecule has 0 amide bonds. The van der Waals surface area contributed by atoms with Crippen molar-refractivity contribution >= 4 is 17.0 Å². The largest absolute Gasteiger partial charge is 0.478 e. The number of hydrogen-bond donors (Lipinski definition) is 2. The molecule has 0 saturated heterocycles. The first-order valence-corrected chi connectivity index (χ1v) is 14.7.